The highest BCUT2D eigenvalue weighted by molar-refractivity contribution is 7.89. The van der Waals surface area contributed by atoms with Gasteiger partial charge in [0.05, 0.1) is 37.6 Å². The summed E-state index contributed by atoms with van der Waals surface area (Å²) in [6, 6.07) is 9.03. The van der Waals surface area contributed by atoms with Gasteiger partial charge in [-0.25, -0.2) is 8.42 Å². The third-order valence-corrected chi connectivity index (χ3v) is 8.18. The molecule has 0 unspecified atom stereocenters. The van der Waals surface area contributed by atoms with Crippen LogP contribution in [0.4, 0.5) is 0 Å². The monoisotopic (exact) mass is 422 g/mol. The fraction of sp³-hybridized carbons (Fsp3) is 0.450. The number of hydrogen-bond acceptors (Lipinski definition) is 4. The number of sulfonamides is 1. The quantitative estimate of drug-likeness (QED) is 0.753. The number of piperazine rings is 1. The summed E-state index contributed by atoms with van der Waals surface area (Å²) in [5.41, 5.74) is 2.25. The fourth-order valence-electron chi connectivity index (χ4n) is 3.30. The number of thiophene rings is 1. The zero-order chi connectivity index (χ0) is 20.3. The molecule has 0 spiro atoms. The minimum Gasteiger partial charge on any atom is -0.336 e. The van der Waals surface area contributed by atoms with E-state index < -0.39 is 10.0 Å². The van der Waals surface area contributed by atoms with Crippen molar-refractivity contribution in [2.75, 3.05) is 39.8 Å². The molecule has 6 nitrogen and oxygen atoms in total. The third kappa shape index (κ3) is 4.81. The second kappa shape index (κ2) is 8.73. The Hall–Kier alpha value is -1.74. The van der Waals surface area contributed by atoms with Crippen LogP contribution in [0.5, 0.6) is 0 Å². The van der Waals surface area contributed by atoms with E-state index in [1.807, 2.05) is 31.5 Å². The zero-order valence-electron chi connectivity index (χ0n) is 16.6. The van der Waals surface area contributed by atoms with Crippen LogP contribution in [-0.2, 0) is 21.4 Å². The predicted octanol–water partition coefficient (Wildman–Crippen LogP) is 0.913. The maximum atomic E-state index is 12.8. The number of quaternary nitrogens is 1. The summed E-state index contributed by atoms with van der Waals surface area (Å²) in [5.74, 6) is 0.0950. The highest BCUT2D eigenvalue weighted by Crippen LogP contribution is 2.17. The van der Waals surface area contributed by atoms with E-state index in [-0.39, 0.29) is 5.91 Å². The van der Waals surface area contributed by atoms with Gasteiger partial charge in [0.15, 0.2) is 6.54 Å². The average Bonchev–Trinajstić information content (AvgIpc) is 3.07. The number of carbonyl (C=O) groups is 1. The number of rotatable bonds is 6. The number of hydrogen-bond donors (Lipinski definition) is 1. The van der Waals surface area contributed by atoms with Crippen LogP contribution in [0, 0.1) is 13.8 Å². The average molecular weight is 423 g/mol. The van der Waals surface area contributed by atoms with Crippen LogP contribution >= 0.6 is 11.3 Å². The Labute approximate surface area is 171 Å². The molecule has 0 atom stereocenters. The summed E-state index contributed by atoms with van der Waals surface area (Å²) >= 11 is 1.67. The Morgan fingerprint density at radius 1 is 1.14 bits per heavy atom. The molecule has 0 aliphatic carbocycles. The SMILES string of the molecule is Cc1ccc(S(=O)(=O)N2CC[NH+](CC(=O)N(C)Cc3sccc3C)CC2)cc1. The lowest BCUT2D eigenvalue weighted by Crippen LogP contribution is -3.15. The van der Waals surface area contributed by atoms with Gasteiger partial charge in [-0.2, -0.15) is 4.31 Å². The zero-order valence-corrected chi connectivity index (χ0v) is 18.3. The molecule has 28 heavy (non-hydrogen) atoms. The summed E-state index contributed by atoms with van der Waals surface area (Å²) in [4.78, 5) is 17.0. The minimum absolute atomic E-state index is 0.0950. The van der Waals surface area contributed by atoms with Crippen molar-refractivity contribution < 1.29 is 18.1 Å². The summed E-state index contributed by atoms with van der Waals surface area (Å²) in [5, 5.41) is 2.04. The van der Waals surface area contributed by atoms with Gasteiger partial charge in [0.2, 0.25) is 10.0 Å². The molecule has 0 radical (unpaired) electrons. The minimum atomic E-state index is -3.46. The number of amides is 1. The van der Waals surface area contributed by atoms with Crippen molar-refractivity contribution in [3.05, 3.63) is 51.7 Å². The van der Waals surface area contributed by atoms with Crippen LogP contribution in [0.15, 0.2) is 40.6 Å². The van der Waals surface area contributed by atoms with Crippen molar-refractivity contribution in [1.82, 2.24) is 9.21 Å². The van der Waals surface area contributed by atoms with Gasteiger partial charge in [0.1, 0.15) is 0 Å². The molecule has 1 aromatic carbocycles. The number of aryl methyl sites for hydroxylation is 2. The molecular formula is C20H28N3O3S2+. The van der Waals surface area contributed by atoms with Gasteiger partial charge in [-0.1, -0.05) is 17.7 Å². The normalized spacial score (nSPS) is 16.2. The topological polar surface area (TPSA) is 62.1 Å². The highest BCUT2D eigenvalue weighted by Gasteiger charge is 2.31. The van der Waals surface area contributed by atoms with E-state index in [4.69, 9.17) is 0 Å². The van der Waals surface area contributed by atoms with E-state index in [2.05, 4.69) is 13.0 Å². The van der Waals surface area contributed by atoms with Crippen molar-refractivity contribution in [2.24, 2.45) is 0 Å². The van der Waals surface area contributed by atoms with Crippen molar-refractivity contribution in [3.8, 4) is 0 Å². The van der Waals surface area contributed by atoms with Gasteiger partial charge in [0.25, 0.3) is 5.91 Å². The summed E-state index contributed by atoms with van der Waals surface area (Å²) in [6.45, 7) is 7.18. The molecule has 3 rings (SSSR count). The number of nitrogens with one attached hydrogen (secondary N) is 1. The van der Waals surface area contributed by atoms with Gasteiger partial charge < -0.3 is 9.80 Å². The van der Waals surface area contributed by atoms with Crippen LogP contribution in [0.3, 0.4) is 0 Å². The molecule has 152 valence electrons. The van der Waals surface area contributed by atoms with Crippen LogP contribution < -0.4 is 4.90 Å². The van der Waals surface area contributed by atoms with Crippen LogP contribution in [0.2, 0.25) is 0 Å². The maximum absolute atomic E-state index is 12.8. The first-order chi connectivity index (χ1) is 13.3. The van der Waals surface area contributed by atoms with Crippen molar-refractivity contribution >= 4 is 27.3 Å². The van der Waals surface area contributed by atoms with Gasteiger partial charge in [-0.05, 0) is 43.0 Å². The molecule has 1 amide bonds. The van der Waals surface area contributed by atoms with E-state index >= 15 is 0 Å². The van der Waals surface area contributed by atoms with E-state index in [9.17, 15) is 13.2 Å². The van der Waals surface area contributed by atoms with Gasteiger partial charge in [0, 0.05) is 11.9 Å². The van der Waals surface area contributed by atoms with E-state index in [1.54, 1.807) is 28.4 Å². The summed E-state index contributed by atoms with van der Waals surface area (Å²) in [7, 11) is -1.63. The first-order valence-electron chi connectivity index (χ1n) is 9.44. The highest BCUT2D eigenvalue weighted by atomic mass is 32.2. The summed E-state index contributed by atoms with van der Waals surface area (Å²) in [6.07, 6.45) is 0. The van der Waals surface area contributed by atoms with Crippen molar-refractivity contribution in [3.63, 3.8) is 0 Å². The number of benzene rings is 1. The van der Waals surface area contributed by atoms with Crippen LogP contribution in [0.1, 0.15) is 16.0 Å². The first kappa shape index (κ1) is 21.0. The lowest BCUT2D eigenvalue weighted by molar-refractivity contribution is -0.896. The lowest BCUT2D eigenvalue weighted by atomic mass is 10.2. The smallest absolute Gasteiger partial charge is 0.277 e. The largest absolute Gasteiger partial charge is 0.336 e. The first-order valence-corrected chi connectivity index (χ1v) is 11.8. The number of carbonyl (C=O) groups excluding carboxylic acids is 1. The molecule has 1 fully saturated rings. The molecule has 1 aliphatic rings. The Kier molecular flexibility index (Phi) is 6.54. The standard InChI is InChI=1S/C20H27N3O3S2/c1-16-4-6-18(7-5-16)28(25,26)23-11-9-22(10-12-23)15-20(24)21(3)14-19-17(2)8-13-27-19/h4-8,13H,9-12,14-15H2,1-3H3/p+1. The van der Waals surface area contributed by atoms with Crippen LogP contribution in [0.25, 0.3) is 0 Å². The van der Waals surface area contributed by atoms with Gasteiger partial charge in [-0.3, -0.25) is 4.79 Å². The molecule has 2 aromatic rings. The maximum Gasteiger partial charge on any atom is 0.277 e. The second-order valence-electron chi connectivity index (χ2n) is 7.42. The molecular weight excluding hydrogens is 394 g/mol. The van der Waals surface area contributed by atoms with Crippen molar-refractivity contribution in [2.45, 2.75) is 25.3 Å². The van der Waals surface area contributed by atoms with E-state index in [0.717, 1.165) is 10.5 Å². The molecule has 8 heteroatoms. The Morgan fingerprint density at radius 3 is 2.36 bits per heavy atom. The molecule has 1 aliphatic heterocycles. The third-order valence-electron chi connectivity index (χ3n) is 5.26. The number of nitrogens with zero attached hydrogens (tertiary/aromatic N) is 2. The Morgan fingerprint density at radius 2 is 1.79 bits per heavy atom. The Bertz CT molecular complexity index is 914. The second-order valence-corrected chi connectivity index (χ2v) is 10.4. The molecule has 0 bridgehead atoms. The summed E-state index contributed by atoms with van der Waals surface area (Å²) < 4.78 is 27.1. The molecule has 1 aromatic heterocycles. The molecule has 2 heterocycles. The Balaban J connectivity index is 1.53. The molecule has 1 saturated heterocycles. The lowest BCUT2D eigenvalue weighted by Gasteiger charge is -2.32. The van der Waals surface area contributed by atoms with Gasteiger partial charge >= 0.3 is 0 Å². The van der Waals surface area contributed by atoms with E-state index in [1.165, 1.54) is 14.7 Å². The predicted molar refractivity (Wildman–Crippen MR) is 111 cm³/mol. The van der Waals surface area contributed by atoms with Crippen LogP contribution in [-0.4, -0.2) is 63.3 Å². The number of likely N-dealkylation sites (N-methyl/N-ethyl adjacent to an activating group) is 1. The molecule has 0 saturated carbocycles. The van der Waals surface area contributed by atoms with Crippen molar-refractivity contribution in [1.29, 1.82) is 0 Å². The molecule has 1 N–H and O–H groups in total. The fourth-order valence-corrected chi connectivity index (χ4v) is 5.70. The van der Waals surface area contributed by atoms with Gasteiger partial charge in [-0.15, -0.1) is 11.3 Å². The van der Waals surface area contributed by atoms with E-state index in [0.29, 0.717) is 44.2 Å².